The van der Waals surface area contributed by atoms with Gasteiger partial charge in [-0.3, -0.25) is 9.59 Å². The van der Waals surface area contributed by atoms with Crippen molar-refractivity contribution < 1.29 is 14.3 Å². The summed E-state index contributed by atoms with van der Waals surface area (Å²) >= 11 is 11.8. The van der Waals surface area contributed by atoms with Gasteiger partial charge in [-0.15, -0.1) is 0 Å². The molecular weight excluding hydrogens is 351 g/mol. The second-order valence-electron chi connectivity index (χ2n) is 4.97. The molecule has 2 rings (SSSR count). The molecule has 126 valence electrons. The van der Waals surface area contributed by atoms with Crippen LogP contribution in [0.15, 0.2) is 42.5 Å². The van der Waals surface area contributed by atoms with E-state index in [2.05, 4.69) is 5.32 Å². The van der Waals surface area contributed by atoms with Crippen LogP contribution in [0.3, 0.4) is 0 Å². The SMILES string of the molecule is COc1ccc(Cl)cc1NC(=O)CN(C(C)=O)c1ccc(Cl)cc1. The summed E-state index contributed by atoms with van der Waals surface area (Å²) in [5.74, 6) is -0.153. The molecule has 0 heterocycles. The van der Waals surface area contributed by atoms with Gasteiger partial charge in [0.25, 0.3) is 0 Å². The average Bonchev–Trinajstić information content (AvgIpc) is 2.53. The minimum absolute atomic E-state index is 0.146. The molecular formula is C17H16Cl2N2O3. The molecule has 2 aromatic rings. The van der Waals surface area contributed by atoms with Crippen molar-refractivity contribution >= 4 is 46.4 Å². The van der Waals surface area contributed by atoms with Crippen LogP contribution in [0.5, 0.6) is 5.75 Å². The number of methoxy groups -OCH3 is 1. The first kappa shape index (κ1) is 18.1. The summed E-state index contributed by atoms with van der Waals surface area (Å²) in [6.07, 6.45) is 0. The molecule has 0 saturated heterocycles. The van der Waals surface area contributed by atoms with Gasteiger partial charge in [-0.25, -0.2) is 0 Å². The largest absolute Gasteiger partial charge is 0.495 e. The molecule has 24 heavy (non-hydrogen) atoms. The number of rotatable bonds is 5. The smallest absolute Gasteiger partial charge is 0.244 e. The number of nitrogens with one attached hydrogen (secondary N) is 1. The highest BCUT2D eigenvalue weighted by Crippen LogP contribution is 2.27. The van der Waals surface area contributed by atoms with E-state index < -0.39 is 0 Å². The fourth-order valence-electron chi connectivity index (χ4n) is 2.12. The van der Waals surface area contributed by atoms with Crippen LogP contribution in [-0.2, 0) is 9.59 Å². The normalized spacial score (nSPS) is 10.2. The number of hydrogen-bond donors (Lipinski definition) is 1. The number of carbonyl (C=O) groups excluding carboxylic acids is 2. The van der Waals surface area contributed by atoms with Crippen LogP contribution in [0.1, 0.15) is 6.92 Å². The second kappa shape index (κ2) is 8.04. The number of carbonyl (C=O) groups is 2. The Labute approximate surface area is 150 Å². The molecule has 0 fully saturated rings. The minimum atomic E-state index is -0.374. The Kier molecular flexibility index (Phi) is 6.06. The van der Waals surface area contributed by atoms with Crippen molar-refractivity contribution in [3.63, 3.8) is 0 Å². The minimum Gasteiger partial charge on any atom is -0.495 e. The summed E-state index contributed by atoms with van der Waals surface area (Å²) in [5.41, 5.74) is 1.02. The van der Waals surface area contributed by atoms with Crippen molar-refractivity contribution in [2.75, 3.05) is 23.9 Å². The Hall–Kier alpha value is -2.24. The van der Waals surface area contributed by atoms with E-state index in [0.29, 0.717) is 27.2 Å². The maximum Gasteiger partial charge on any atom is 0.244 e. The highest BCUT2D eigenvalue weighted by Gasteiger charge is 2.17. The van der Waals surface area contributed by atoms with Gasteiger partial charge in [0.1, 0.15) is 12.3 Å². The van der Waals surface area contributed by atoms with Gasteiger partial charge in [-0.2, -0.15) is 0 Å². The van der Waals surface area contributed by atoms with Crippen LogP contribution in [-0.4, -0.2) is 25.5 Å². The number of nitrogens with zero attached hydrogens (tertiary/aromatic N) is 1. The first-order valence-electron chi connectivity index (χ1n) is 7.07. The predicted octanol–water partition coefficient (Wildman–Crippen LogP) is 3.99. The summed E-state index contributed by atoms with van der Waals surface area (Å²) in [6, 6.07) is 11.6. The van der Waals surface area contributed by atoms with Crippen molar-refractivity contribution in [3.05, 3.63) is 52.5 Å². The van der Waals surface area contributed by atoms with Gasteiger partial charge in [-0.05, 0) is 42.5 Å². The molecule has 5 nitrogen and oxygen atoms in total. The topological polar surface area (TPSA) is 58.6 Å². The first-order chi connectivity index (χ1) is 11.4. The standard InChI is InChI=1S/C17H16Cl2N2O3/c1-11(22)21(14-6-3-12(18)4-7-14)10-17(23)20-15-9-13(19)5-8-16(15)24-2/h3-9H,10H2,1-2H3,(H,20,23). The number of benzene rings is 2. The maximum absolute atomic E-state index is 12.3. The van der Waals surface area contributed by atoms with Crippen LogP contribution in [0.2, 0.25) is 10.0 Å². The zero-order valence-corrected chi connectivity index (χ0v) is 14.7. The molecule has 0 radical (unpaired) electrons. The van der Waals surface area contributed by atoms with E-state index in [-0.39, 0.29) is 18.4 Å². The Morgan fingerprint density at radius 2 is 1.71 bits per heavy atom. The number of hydrogen-bond acceptors (Lipinski definition) is 3. The average molecular weight is 367 g/mol. The molecule has 2 aromatic carbocycles. The highest BCUT2D eigenvalue weighted by molar-refractivity contribution is 6.31. The van der Waals surface area contributed by atoms with Gasteiger partial charge >= 0.3 is 0 Å². The zero-order chi connectivity index (χ0) is 17.7. The number of halogens is 2. The van der Waals surface area contributed by atoms with Crippen molar-refractivity contribution in [2.24, 2.45) is 0 Å². The second-order valence-corrected chi connectivity index (χ2v) is 5.85. The first-order valence-corrected chi connectivity index (χ1v) is 7.83. The van der Waals surface area contributed by atoms with Crippen LogP contribution in [0.25, 0.3) is 0 Å². The molecule has 1 N–H and O–H groups in total. The number of anilines is 2. The maximum atomic E-state index is 12.3. The molecule has 0 aromatic heterocycles. The van der Waals surface area contributed by atoms with Gasteiger partial charge in [0.05, 0.1) is 12.8 Å². The Morgan fingerprint density at radius 1 is 1.08 bits per heavy atom. The van der Waals surface area contributed by atoms with Crippen LogP contribution in [0, 0.1) is 0 Å². The van der Waals surface area contributed by atoms with E-state index in [1.54, 1.807) is 42.5 Å². The van der Waals surface area contributed by atoms with E-state index in [9.17, 15) is 9.59 Å². The van der Waals surface area contributed by atoms with Crippen LogP contribution in [0.4, 0.5) is 11.4 Å². The van der Waals surface area contributed by atoms with E-state index in [1.165, 1.54) is 18.9 Å². The molecule has 0 saturated carbocycles. The molecule has 0 aliphatic heterocycles. The van der Waals surface area contributed by atoms with Gasteiger partial charge < -0.3 is 15.0 Å². The van der Waals surface area contributed by atoms with E-state index in [0.717, 1.165) is 0 Å². The summed E-state index contributed by atoms with van der Waals surface area (Å²) < 4.78 is 5.18. The fourth-order valence-corrected chi connectivity index (χ4v) is 2.41. The lowest BCUT2D eigenvalue weighted by molar-refractivity contribution is -0.120. The third-order valence-electron chi connectivity index (χ3n) is 3.26. The predicted molar refractivity (Wildman–Crippen MR) is 96.1 cm³/mol. The van der Waals surface area contributed by atoms with Crippen LogP contribution < -0.4 is 15.0 Å². The zero-order valence-electron chi connectivity index (χ0n) is 13.2. The lowest BCUT2D eigenvalue weighted by atomic mass is 10.2. The lowest BCUT2D eigenvalue weighted by Crippen LogP contribution is -2.36. The van der Waals surface area contributed by atoms with Gasteiger partial charge in [-0.1, -0.05) is 23.2 Å². The van der Waals surface area contributed by atoms with E-state index in [4.69, 9.17) is 27.9 Å². The monoisotopic (exact) mass is 366 g/mol. The molecule has 0 bridgehead atoms. The van der Waals surface area contributed by atoms with Crippen molar-refractivity contribution in [1.29, 1.82) is 0 Å². The Balaban J connectivity index is 2.16. The summed E-state index contributed by atoms with van der Waals surface area (Å²) in [5, 5.41) is 3.72. The van der Waals surface area contributed by atoms with Gasteiger partial charge in [0, 0.05) is 22.7 Å². The van der Waals surface area contributed by atoms with E-state index >= 15 is 0 Å². The van der Waals surface area contributed by atoms with Gasteiger partial charge in [0.2, 0.25) is 11.8 Å². The third kappa shape index (κ3) is 4.63. The molecule has 0 aliphatic carbocycles. The molecule has 2 amide bonds. The van der Waals surface area contributed by atoms with Crippen LogP contribution >= 0.6 is 23.2 Å². The van der Waals surface area contributed by atoms with Crippen molar-refractivity contribution in [1.82, 2.24) is 0 Å². The molecule has 0 spiro atoms. The summed E-state index contributed by atoms with van der Waals surface area (Å²) in [6.45, 7) is 1.24. The Bertz CT molecular complexity index is 748. The lowest BCUT2D eigenvalue weighted by Gasteiger charge is -2.21. The van der Waals surface area contributed by atoms with Crippen molar-refractivity contribution in [2.45, 2.75) is 6.92 Å². The molecule has 7 heteroatoms. The van der Waals surface area contributed by atoms with Gasteiger partial charge in [0.15, 0.2) is 0 Å². The third-order valence-corrected chi connectivity index (χ3v) is 3.74. The summed E-state index contributed by atoms with van der Waals surface area (Å²) in [7, 11) is 1.49. The molecule has 0 aliphatic rings. The number of ether oxygens (including phenoxy) is 1. The highest BCUT2D eigenvalue weighted by atomic mass is 35.5. The van der Waals surface area contributed by atoms with Crippen molar-refractivity contribution in [3.8, 4) is 5.75 Å². The molecule has 0 unspecified atom stereocenters. The Morgan fingerprint density at radius 3 is 2.29 bits per heavy atom. The van der Waals surface area contributed by atoms with E-state index in [1.807, 2.05) is 0 Å². The molecule has 0 atom stereocenters. The fraction of sp³-hybridized carbons (Fsp3) is 0.176. The number of amides is 2. The summed E-state index contributed by atoms with van der Waals surface area (Å²) in [4.78, 5) is 25.5. The quantitative estimate of drug-likeness (QED) is 0.869.